The fourth-order valence-electron chi connectivity index (χ4n) is 4.58. The van der Waals surface area contributed by atoms with Crippen molar-refractivity contribution in [2.45, 2.75) is 55.7 Å². The molecule has 4 rings (SSSR count). The van der Waals surface area contributed by atoms with E-state index in [1.807, 2.05) is 61.5 Å². The molecule has 32 heavy (non-hydrogen) atoms. The van der Waals surface area contributed by atoms with Crippen molar-refractivity contribution in [3.05, 3.63) is 71.3 Å². The standard InChI is InChI=1S/C24H28N2O5S/c1-17-7-9-19(10-8-17)24(12-13-24)22(27)25-32(30,31)21-11-14-26(23(28)29)20(16-21)15-18-5-3-2-4-6-18/h2-10,20-21H,11-16H2,1H3,(H,25,27)(H,28,29). The van der Waals surface area contributed by atoms with Crippen molar-refractivity contribution in [1.29, 1.82) is 0 Å². The fraction of sp³-hybridized carbons (Fsp3) is 0.417. The topological polar surface area (TPSA) is 104 Å². The van der Waals surface area contributed by atoms with Crippen LogP contribution in [0.2, 0.25) is 0 Å². The maximum absolute atomic E-state index is 13.1. The minimum absolute atomic E-state index is 0.121. The van der Waals surface area contributed by atoms with Gasteiger partial charge in [0, 0.05) is 12.6 Å². The Morgan fingerprint density at radius 1 is 1.09 bits per heavy atom. The molecule has 0 radical (unpaired) electrons. The number of nitrogens with one attached hydrogen (secondary N) is 1. The van der Waals surface area contributed by atoms with Gasteiger partial charge in [0.05, 0.1) is 10.7 Å². The molecule has 2 unspecified atom stereocenters. The molecule has 2 N–H and O–H groups in total. The Balaban J connectivity index is 1.49. The lowest BCUT2D eigenvalue weighted by molar-refractivity contribution is -0.121. The molecule has 8 heteroatoms. The minimum atomic E-state index is -3.94. The van der Waals surface area contributed by atoms with Gasteiger partial charge in [0.1, 0.15) is 0 Å². The normalized spacial score (nSPS) is 22.2. The SMILES string of the molecule is Cc1ccc(C2(C(=O)NS(=O)(=O)C3CCN(C(=O)O)C(Cc4ccccc4)C3)CC2)cc1. The van der Waals surface area contributed by atoms with Crippen LogP contribution in [-0.2, 0) is 26.7 Å². The maximum Gasteiger partial charge on any atom is 0.407 e. The first-order valence-electron chi connectivity index (χ1n) is 10.9. The van der Waals surface area contributed by atoms with Crippen LogP contribution < -0.4 is 4.72 Å². The molecule has 2 aromatic rings. The molecule has 1 heterocycles. The summed E-state index contributed by atoms with van der Waals surface area (Å²) in [5.74, 6) is -0.485. The highest BCUT2D eigenvalue weighted by Crippen LogP contribution is 2.48. The molecule has 2 amide bonds. The highest BCUT2D eigenvalue weighted by atomic mass is 32.2. The zero-order valence-corrected chi connectivity index (χ0v) is 18.8. The molecule has 0 aromatic heterocycles. The molecule has 2 aromatic carbocycles. The third-order valence-corrected chi connectivity index (χ3v) is 8.47. The van der Waals surface area contributed by atoms with E-state index in [2.05, 4.69) is 4.72 Å². The van der Waals surface area contributed by atoms with Crippen molar-refractivity contribution in [3.8, 4) is 0 Å². The molecule has 2 atom stereocenters. The Kier molecular flexibility index (Phi) is 5.99. The van der Waals surface area contributed by atoms with Gasteiger partial charge in [0.15, 0.2) is 0 Å². The Labute approximate surface area is 188 Å². The zero-order chi connectivity index (χ0) is 22.9. The summed E-state index contributed by atoms with van der Waals surface area (Å²) in [6.45, 7) is 2.08. The lowest BCUT2D eigenvalue weighted by Gasteiger charge is -2.37. The Morgan fingerprint density at radius 2 is 1.75 bits per heavy atom. The molecule has 1 saturated carbocycles. The molecule has 7 nitrogen and oxygen atoms in total. The van der Waals surface area contributed by atoms with Crippen molar-refractivity contribution in [1.82, 2.24) is 9.62 Å². The Morgan fingerprint density at radius 3 is 2.34 bits per heavy atom. The largest absolute Gasteiger partial charge is 0.465 e. The first-order chi connectivity index (χ1) is 15.2. The van der Waals surface area contributed by atoms with Gasteiger partial charge >= 0.3 is 6.09 Å². The van der Waals surface area contributed by atoms with Crippen LogP contribution in [0.4, 0.5) is 4.79 Å². The van der Waals surface area contributed by atoms with Gasteiger partial charge in [-0.15, -0.1) is 0 Å². The van der Waals surface area contributed by atoms with Crippen molar-refractivity contribution < 1.29 is 23.1 Å². The number of piperidine rings is 1. The van der Waals surface area contributed by atoms with Crippen LogP contribution in [0.5, 0.6) is 0 Å². The highest BCUT2D eigenvalue weighted by Gasteiger charge is 2.53. The molecule has 0 spiro atoms. The molecular weight excluding hydrogens is 428 g/mol. The highest BCUT2D eigenvalue weighted by molar-refractivity contribution is 7.90. The van der Waals surface area contributed by atoms with Crippen LogP contribution in [0.1, 0.15) is 42.4 Å². The molecule has 1 aliphatic heterocycles. The van der Waals surface area contributed by atoms with Gasteiger partial charge < -0.3 is 10.0 Å². The number of sulfonamides is 1. The predicted octanol–water partition coefficient (Wildman–Crippen LogP) is 3.23. The number of carboxylic acid groups (broad SMARTS) is 1. The summed E-state index contributed by atoms with van der Waals surface area (Å²) in [6, 6.07) is 16.6. The summed E-state index contributed by atoms with van der Waals surface area (Å²) in [4.78, 5) is 26.1. The third kappa shape index (κ3) is 4.50. The van der Waals surface area contributed by atoms with Crippen molar-refractivity contribution in [2.24, 2.45) is 0 Å². The van der Waals surface area contributed by atoms with Crippen LogP contribution in [-0.4, -0.2) is 48.3 Å². The van der Waals surface area contributed by atoms with Crippen LogP contribution in [0.15, 0.2) is 54.6 Å². The molecule has 2 aliphatic rings. The van der Waals surface area contributed by atoms with E-state index in [0.29, 0.717) is 19.3 Å². The average molecular weight is 457 g/mol. The molecular formula is C24H28N2O5S. The number of hydrogen-bond acceptors (Lipinski definition) is 4. The lowest BCUT2D eigenvalue weighted by atomic mass is 9.94. The first kappa shape index (κ1) is 22.3. The molecule has 1 aliphatic carbocycles. The summed E-state index contributed by atoms with van der Waals surface area (Å²) in [5.41, 5.74) is 2.07. The van der Waals surface area contributed by atoms with E-state index >= 15 is 0 Å². The Hall–Kier alpha value is -2.87. The number of aryl methyl sites for hydroxylation is 1. The molecule has 2 fully saturated rings. The van der Waals surface area contributed by atoms with Crippen LogP contribution in [0.3, 0.4) is 0 Å². The zero-order valence-electron chi connectivity index (χ0n) is 18.0. The smallest absolute Gasteiger partial charge is 0.407 e. The fourth-order valence-corrected chi connectivity index (χ4v) is 6.09. The second-order valence-electron chi connectivity index (χ2n) is 8.89. The first-order valence-corrected chi connectivity index (χ1v) is 12.4. The lowest BCUT2D eigenvalue weighted by Crippen LogP contribution is -2.53. The van der Waals surface area contributed by atoms with Crippen LogP contribution in [0, 0.1) is 6.92 Å². The Bertz CT molecular complexity index is 1090. The number of carbonyl (C=O) groups is 2. The number of carbonyl (C=O) groups excluding carboxylic acids is 1. The van der Waals surface area contributed by atoms with Gasteiger partial charge in [-0.2, -0.15) is 0 Å². The van der Waals surface area contributed by atoms with E-state index in [1.165, 1.54) is 4.90 Å². The van der Waals surface area contributed by atoms with E-state index in [9.17, 15) is 23.1 Å². The third-order valence-electron chi connectivity index (χ3n) is 6.69. The van der Waals surface area contributed by atoms with Crippen LogP contribution >= 0.6 is 0 Å². The van der Waals surface area contributed by atoms with Gasteiger partial charge in [0.2, 0.25) is 15.9 Å². The number of benzene rings is 2. The van der Waals surface area contributed by atoms with E-state index < -0.39 is 38.7 Å². The number of likely N-dealkylation sites (tertiary alicyclic amines) is 1. The van der Waals surface area contributed by atoms with Gasteiger partial charge in [-0.1, -0.05) is 60.2 Å². The van der Waals surface area contributed by atoms with Crippen LogP contribution in [0.25, 0.3) is 0 Å². The van der Waals surface area contributed by atoms with E-state index in [-0.39, 0.29) is 19.4 Å². The quantitative estimate of drug-likeness (QED) is 0.695. The van der Waals surface area contributed by atoms with E-state index in [1.54, 1.807) is 0 Å². The average Bonchev–Trinajstić information content (AvgIpc) is 3.57. The predicted molar refractivity (Wildman–Crippen MR) is 121 cm³/mol. The second-order valence-corrected chi connectivity index (χ2v) is 10.9. The second kappa shape index (κ2) is 8.58. The van der Waals surface area contributed by atoms with Crippen molar-refractivity contribution in [3.63, 3.8) is 0 Å². The number of nitrogens with zero attached hydrogens (tertiary/aromatic N) is 1. The van der Waals surface area contributed by atoms with Crippen molar-refractivity contribution in [2.75, 3.05) is 6.54 Å². The number of hydrogen-bond donors (Lipinski definition) is 2. The van der Waals surface area contributed by atoms with E-state index in [0.717, 1.165) is 16.7 Å². The van der Waals surface area contributed by atoms with Gasteiger partial charge in [-0.25, -0.2) is 13.2 Å². The van der Waals surface area contributed by atoms with Gasteiger partial charge in [0.25, 0.3) is 0 Å². The summed E-state index contributed by atoms with van der Waals surface area (Å²) < 4.78 is 28.6. The van der Waals surface area contributed by atoms with Gasteiger partial charge in [-0.3, -0.25) is 9.52 Å². The summed E-state index contributed by atoms with van der Waals surface area (Å²) in [5, 5.41) is 8.77. The maximum atomic E-state index is 13.1. The summed E-state index contributed by atoms with van der Waals surface area (Å²) in [7, 11) is -3.94. The molecule has 0 bridgehead atoms. The monoisotopic (exact) mass is 456 g/mol. The molecule has 1 saturated heterocycles. The summed E-state index contributed by atoms with van der Waals surface area (Å²) in [6.07, 6.45) is 0.929. The minimum Gasteiger partial charge on any atom is -0.465 e. The van der Waals surface area contributed by atoms with Gasteiger partial charge in [-0.05, 0) is 50.2 Å². The van der Waals surface area contributed by atoms with E-state index in [4.69, 9.17) is 0 Å². The van der Waals surface area contributed by atoms with Crippen molar-refractivity contribution >= 4 is 22.0 Å². The molecule has 170 valence electrons. The number of amides is 2. The summed E-state index contributed by atoms with van der Waals surface area (Å²) >= 11 is 0. The number of rotatable bonds is 6.